The number of hydrogen-bond acceptors (Lipinski definition) is 3. The Morgan fingerprint density at radius 2 is 2.11 bits per heavy atom. The van der Waals surface area contributed by atoms with Crippen molar-refractivity contribution in [2.75, 3.05) is 13.1 Å². The van der Waals surface area contributed by atoms with Crippen LogP contribution in [0.4, 0.5) is 0 Å². The molecule has 1 fully saturated rings. The third-order valence-corrected chi connectivity index (χ3v) is 3.89. The molecule has 1 aliphatic carbocycles. The molecule has 18 heavy (non-hydrogen) atoms. The van der Waals surface area contributed by atoms with E-state index in [0.717, 1.165) is 31.8 Å². The van der Waals surface area contributed by atoms with Gasteiger partial charge >= 0.3 is 0 Å². The fraction of sp³-hybridized carbons (Fsp3) is 0.733. The molecule has 2 rings (SSSR count). The molecule has 0 atom stereocenters. The second kappa shape index (κ2) is 6.39. The molecule has 0 aromatic carbocycles. The Kier molecular flexibility index (Phi) is 4.84. The minimum atomic E-state index is 0.0278. The van der Waals surface area contributed by atoms with E-state index in [-0.39, 0.29) is 5.54 Å². The largest absolute Gasteiger partial charge is 0.468 e. The van der Waals surface area contributed by atoms with E-state index in [9.17, 15) is 0 Å². The monoisotopic (exact) mass is 250 g/mol. The van der Waals surface area contributed by atoms with Crippen LogP contribution in [0.5, 0.6) is 0 Å². The minimum Gasteiger partial charge on any atom is -0.468 e. The Morgan fingerprint density at radius 1 is 1.33 bits per heavy atom. The summed E-state index contributed by atoms with van der Waals surface area (Å²) in [5.74, 6) is 1.04. The average Bonchev–Trinajstić information content (AvgIpc) is 2.82. The van der Waals surface area contributed by atoms with E-state index >= 15 is 0 Å². The molecule has 1 saturated carbocycles. The highest BCUT2D eigenvalue weighted by Gasteiger charge is 2.29. The molecule has 102 valence electrons. The van der Waals surface area contributed by atoms with Crippen molar-refractivity contribution in [3.05, 3.63) is 24.2 Å². The summed E-state index contributed by atoms with van der Waals surface area (Å²) in [6.45, 7) is 5.21. The number of hydrogen-bond donors (Lipinski definition) is 1. The van der Waals surface area contributed by atoms with Crippen molar-refractivity contribution in [1.82, 2.24) is 4.90 Å². The van der Waals surface area contributed by atoms with E-state index in [4.69, 9.17) is 10.2 Å². The standard InChI is InChI=1S/C15H26N2O/c1-2-10-17(12-14-7-6-11-18-14)13-15(16)8-4-3-5-9-15/h6-7,11H,2-5,8-10,12-13,16H2,1H3. The van der Waals surface area contributed by atoms with Crippen LogP contribution < -0.4 is 5.73 Å². The van der Waals surface area contributed by atoms with Gasteiger partial charge in [0, 0.05) is 12.1 Å². The van der Waals surface area contributed by atoms with Crippen molar-refractivity contribution < 1.29 is 4.42 Å². The Morgan fingerprint density at radius 3 is 2.72 bits per heavy atom. The summed E-state index contributed by atoms with van der Waals surface area (Å²) in [4.78, 5) is 2.45. The molecule has 2 N–H and O–H groups in total. The highest BCUT2D eigenvalue weighted by molar-refractivity contribution is 4.99. The predicted molar refractivity (Wildman–Crippen MR) is 74.3 cm³/mol. The first kappa shape index (κ1) is 13.6. The van der Waals surface area contributed by atoms with Crippen molar-refractivity contribution in [3.63, 3.8) is 0 Å². The van der Waals surface area contributed by atoms with Gasteiger partial charge in [0.05, 0.1) is 12.8 Å². The van der Waals surface area contributed by atoms with Gasteiger partial charge in [0.15, 0.2) is 0 Å². The lowest BCUT2D eigenvalue weighted by atomic mass is 9.82. The first-order valence-corrected chi connectivity index (χ1v) is 7.25. The van der Waals surface area contributed by atoms with Gasteiger partial charge in [0.2, 0.25) is 0 Å². The van der Waals surface area contributed by atoms with Gasteiger partial charge in [-0.15, -0.1) is 0 Å². The van der Waals surface area contributed by atoms with E-state index < -0.39 is 0 Å². The molecule has 1 aliphatic rings. The Balaban J connectivity index is 1.92. The number of rotatable bonds is 6. The fourth-order valence-electron chi connectivity index (χ4n) is 3.01. The zero-order valence-corrected chi connectivity index (χ0v) is 11.5. The normalized spacial score (nSPS) is 19.3. The molecule has 0 amide bonds. The van der Waals surface area contributed by atoms with Crippen molar-refractivity contribution in [2.45, 2.75) is 57.5 Å². The lowest BCUT2D eigenvalue weighted by Crippen LogP contribution is -2.51. The molecule has 1 heterocycles. The van der Waals surface area contributed by atoms with Gasteiger partial charge in [0.1, 0.15) is 5.76 Å². The van der Waals surface area contributed by atoms with Crippen LogP contribution in [0.15, 0.2) is 22.8 Å². The molecule has 1 aromatic heterocycles. The molecular formula is C15H26N2O. The van der Waals surface area contributed by atoms with E-state index in [0.29, 0.717) is 0 Å². The summed E-state index contributed by atoms with van der Waals surface area (Å²) in [7, 11) is 0. The van der Waals surface area contributed by atoms with Crippen molar-refractivity contribution in [1.29, 1.82) is 0 Å². The summed E-state index contributed by atoms with van der Waals surface area (Å²) < 4.78 is 5.45. The molecular weight excluding hydrogens is 224 g/mol. The summed E-state index contributed by atoms with van der Waals surface area (Å²) in [6, 6.07) is 4.00. The highest BCUT2D eigenvalue weighted by Crippen LogP contribution is 2.27. The molecule has 0 unspecified atom stereocenters. The maximum absolute atomic E-state index is 6.55. The molecule has 0 spiro atoms. The summed E-state index contributed by atoms with van der Waals surface area (Å²) >= 11 is 0. The van der Waals surface area contributed by atoms with E-state index in [2.05, 4.69) is 11.8 Å². The van der Waals surface area contributed by atoms with Crippen LogP contribution in [0.1, 0.15) is 51.2 Å². The molecule has 3 heteroatoms. The average molecular weight is 250 g/mol. The zero-order valence-electron chi connectivity index (χ0n) is 11.5. The Labute approximate surface area is 110 Å². The van der Waals surface area contributed by atoms with Crippen LogP contribution in [-0.2, 0) is 6.54 Å². The Hall–Kier alpha value is -0.800. The van der Waals surface area contributed by atoms with E-state index in [1.807, 2.05) is 12.1 Å². The van der Waals surface area contributed by atoms with Gasteiger partial charge < -0.3 is 10.2 Å². The number of furan rings is 1. The van der Waals surface area contributed by atoms with Gasteiger partial charge in [-0.2, -0.15) is 0 Å². The lowest BCUT2D eigenvalue weighted by molar-refractivity contribution is 0.158. The summed E-state index contributed by atoms with van der Waals surface area (Å²) in [5.41, 5.74) is 6.57. The second-order valence-electron chi connectivity index (χ2n) is 5.71. The van der Waals surface area contributed by atoms with E-state index in [1.165, 1.54) is 32.1 Å². The molecule has 1 aromatic rings. The van der Waals surface area contributed by atoms with Crippen molar-refractivity contribution in [2.24, 2.45) is 5.73 Å². The van der Waals surface area contributed by atoms with Crippen LogP contribution in [0, 0.1) is 0 Å². The first-order valence-electron chi connectivity index (χ1n) is 7.25. The van der Waals surface area contributed by atoms with Crippen LogP contribution in [0.2, 0.25) is 0 Å². The third kappa shape index (κ3) is 3.85. The SMILES string of the molecule is CCCN(Cc1ccco1)CC1(N)CCCCC1. The fourth-order valence-corrected chi connectivity index (χ4v) is 3.01. The van der Waals surface area contributed by atoms with Gasteiger partial charge in [-0.05, 0) is 37.9 Å². The smallest absolute Gasteiger partial charge is 0.117 e. The number of nitrogens with two attached hydrogens (primary N) is 1. The van der Waals surface area contributed by atoms with Gasteiger partial charge in [0.25, 0.3) is 0 Å². The second-order valence-corrected chi connectivity index (χ2v) is 5.71. The highest BCUT2D eigenvalue weighted by atomic mass is 16.3. The van der Waals surface area contributed by atoms with Gasteiger partial charge in [-0.1, -0.05) is 26.2 Å². The summed E-state index contributed by atoms with van der Waals surface area (Å²) in [5, 5.41) is 0. The van der Waals surface area contributed by atoms with Crippen LogP contribution in [0.25, 0.3) is 0 Å². The van der Waals surface area contributed by atoms with Gasteiger partial charge in [-0.25, -0.2) is 0 Å². The predicted octanol–water partition coefficient (Wildman–Crippen LogP) is 3.15. The topological polar surface area (TPSA) is 42.4 Å². The third-order valence-electron chi connectivity index (χ3n) is 3.89. The lowest BCUT2D eigenvalue weighted by Gasteiger charge is -2.38. The van der Waals surface area contributed by atoms with Gasteiger partial charge in [-0.3, -0.25) is 4.90 Å². The zero-order chi connectivity index (χ0) is 12.8. The summed E-state index contributed by atoms with van der Waals surface area (Å²) in [6.07, 6.45) is 9.19. The maximum Gasteiger partial charge on any atom is 0.117 e. The van der Waals surface area contributed by atoms with E-state index in [1.54, 1.807) is 6.26 Å². The van der Waals surface area contributed by atoms with Crippen molar-refractivity contribution in [3.8, 4) is 0 Å². The first-order chi connectivity index (χ1) is 8.72. The van der Waals surface area contributed by atoms with Crippen LogP contribution in [0.3, 0.4) is 0 Å². The molecule has 3 nitrogen and oxygen atoms in total. The maximum atomic E-state index is 6.55. The number of nitrogens with zero attached hydrogens (tertiary/aromatic N) is 1. The Bertz CT molecular complexity index is 328. The molecule has 0 aliphatic heterocycles. The quantitative estimate of drug-likeness (QED) is 0.843. The van der Waals surface area contributed by atoms with Crippen molar-refractivity contribution >= 4 is 0 Å². The minimum absolute atomic E-state index is 0.0278. The molecule has 0 radical (unpaired) electrons. The van der Waals surface area contributed by atoms with Crippen LogP contribution in [-0.4, -0.2) is 23.5 Å². The molecule has 0 saturated heterocycles. The molecule has 0 bridgehead atoms. The van der Waals surface area contributed by atoms with Crippen LogP contribution >= 0.6 is 0 Å².